The summed E-state index contributed by atoms with van der Waals surface area (Å²) in [6.45, 7) is 0.873. The van der Waals surface area contributed by atoms with Gasteiger partial charge in [0.25, 0.3) is 0 Å². The fourth-order valence-corrected chi connectivity index (χ4v) is 4.92. The van der Waals surface area contributed by atoms with Crippen LogP contribution in [-0.2, 0) is 11.2 Å². The second-order valence-corrected chi connectivity index (χ2v) is 8.66. The summed E-state index contributed by atoms with van der Waals surface area (Å²) >= 11 is 7.34. The molecule has 5 nitrogen and oxygen atoms in total. The van der Waals surface area contributed by atoms with Crippen LogP contribution in [0.4, 0.5) is 5.13 Å². The van der Waals surface area contributed by atoms with Crippen molar-refractivity contribution in [2.24, 2.45) is 0 Å². The standard InChI is InChI=1S/C20H25ClN4OS/c21-15-10-8-14(9-11-15)13-18-23-20(27-24-18)25-12-4-7-17(25)19(26)22-16-5-2-1-3-6-16/h8-11,16-17H,1-7,12-13H2,(H,22,26)/t17-/m0/s1. The number of halogens is 1. The van der Waals surface area contributed by atoms with Crippen LogP contribution in [-0.4, -0.2) is 33.9 Å². The van der Waals surface area contributed by atoms with Crippen LogP contribution in [0.25, 0.3) is 0 Å². The number of anilines is 1. The van der Waals surface area contributed by atoms with Gasteiger partial charge in [0.1, 0.15) is 11.9 Å². The summed E-state index contributed by atoms with van der Waals surface area (Å²) < 4.78 is 4.51. The molecule has 1 aromatic heterocycles. The fourth-order valence-electron chi connectivity index (χ4n) is 4.03. The molecular formula is C20H25ClN4OS. The third-order valence-corrected chi connectivity index (χ3v) is 6.53. The molecule has 1 atom stereocenters. The number of rotatable bonds is 5. The summed E-state index contributed by atoms with van der Waals surface area (Å²) in [6, 6.07) is 8.01. The number of hydrogen-bond donors (Lipinski definition) is 1. The predicted molar refractivity (Wildman–Crippen MR) is 110 cm³/mol. The molecular weight excluding hydrogens is 380 g/mol. The van der Waals surface area contributed by atoms with Crippen LogP contribution >= 0.6 is 23.1 Å². The van der Waals surface area contributed by atoms with Crippen LogP contribution in [0.15, 0.2) is 24.3 Å². The molecule has 1 saturated carbocycles. The maximum absolute atomic E-state index is 12.8. The third kappa shape index (κ3) is 4.61. The Balaban J connectivity index is 1.40. The van der Waals surface area contributed by atoms with Gasteiger partial charge in [-0.1, -0.05) is 43.0 Å². The van der Waals surface area contributed by atoms with Crippen molar-refractivity contribution >= 4 is 34.2 Å². The molecule has 1 aliphatic carbocycles. The summed E-state index contributed by atoms with van der Waals surface area (Å²) in [4.78, 5) is 19.7. The highest BCUT2D eigenvalue weighted by Gasteiger charge is 2.34. The van der Waals surface area contributed by atoms with Crippen molar-refractivity contribution in [3.63, 3.8) is 0 Å². The highest BCUT2D eigenvalue weighted by Crippen LogP contribution is 2.28. The molecule has 2 heterocycles. The van der Waals surface area contributed by atoms with Crippen molar-refractivity contribution in [2.75, 3.05) is 11.4 Å². The first-order valence-corrected chi connectivity index (χ1v) is 11.0. The van der Waals surface area contributed by atoms with Gasteiger partial charge in [-0.2, -0.15) is 4.37 Å². The smallest absolute Gasteiger partial charge is 0.243 e. The van der Waals surface area contributed by atoms with E-state index in [1.165, 1.54) is 30.8 Å². The summed E-state index contributed by atoms with van der Waals surface area (Å²) in [5.74, 6) is 0.963. The molecule has 0 unspecified atom stereocenters. The molecule has 0 bridgehead atoms. The van der Waals surface area contributed by atoms with E-state index in [-0.39, 0.29) is 11.9 Å². The molecule has 27 heavy (non-hydrogen) atoms. The van der Waals surface area contributed by atoms with Gasteiger partial charge in [0, 0.05) is 35.6 Å². The van der Waals surface area contributed by atoms with Crippen LogP contribution in [0, 0.1) is 0 Å². The van der Waals surface area contributed by atoms with Gasteiger partial charge in [0.15, 0.2) is 0 Å². The number of carbonyl (C=O) groups excluding carboxylic acids is 1. The van der Waals surface area contributed by atoms with Gasteiger partial charge in [0.2, 0.25) is 11.0 Å². The van der Waals surface area contributed by atoms with Crippen molar-refractivity contribution < 1.29 is 4.79 Å². The summed E-state index contributed by atoms with van der Waals surface area (Å²) in [5.41, 5.74) is 1.14. The molecule has 2 aliphatic rings. The average molecular weight is 405 g/mol. The number of hydrogen-bond acceptors (Lipinski definition) is 5. The van der Waals surface area contributed by atoms with Crippen molar-refractivity contribution in [1.82, 2.24) is 14.7 Å². The van der Waals surface area contributed by atoms with E-state index in [0.717, 1.165) is 53.8 Å². The Kier molecular flexibility index (Phi) is 5.93. The topological polar surface area (TPSA) is 58.1 Å². The summed E-state index contributed by atoms with van der Waals surface area (Å²) in [5, 5.41) is 4.87. The van der Waals surface area contributed by atoms with E-state index in [1.807, 2.05) is 24.3 Å². The summed E-state index contributed by atoms with van der Waals surface area (Å²) in [7, 11) is 0. The quantitative estimate of drug-likeness (QED) is 0.811. The Morgan fingerprint density at radius 2 is 1.93 bits per heavy atom. The van der Waals surface area contributed by atoms with Crippen LogP contribution in [0.5, 0.6) is 0 Å². The first-order valence-electron chi connectivity index (χ1n) is 9.83. The molecule has 2 fully saturated rings. The number of aromatic nitrogens is 2. The molecule has 1 saturated heterocycles. The maximum atomic E-state index is 12.8. The first kappa shape index (κ1) is 18.7. The minimum absolute atomic E-state index is 0.108. The SMILES string of the molecule is O=C(NC1CCCCC1)[C@@H]1CCCN1c1nc(Cc2ccc(Cl)cc2)ns1. The van der Waals surface area contributed by atoms with Crippen LogP contribution in [0.2, 0.25) is 5.02 Å². The predicted octanol–water partition coefficient (Wildman–Crippen LogP) is 4.20. The Bertz CT molecular complexity index is 773. The zero-order valence-corrected chi connectivity index (χ0v) is 16.9. The van der Waals surface area contributed by atoms with E-state index in [0.29, 0.717) is 12.5 Å². The van der Waals surface area contributed by atoms with E-state index < -0.39 is 0 Å². The second kappa shape index (κ2) is 8.57. The van der Waals surface area contributed by atoms with E-state index in [2.05, 4.69) is 14.6 Å². The molecule has 0 spiro atoms. The van der Waals surface area contributed by atoms with Crippen molar-refractivity contribution in [3.05, 3.63) is 40.7 Å². The lowest BCUT2D eigenvalue weighted by Crippen LogP contribution is -2.47. The Labute approximate surface area is 169 Å². The zero-order valence-electron chi connectivity index (χ0n) is 15.4. The monoisotopic (exact) mass is 404 g/mol. The summed E-state index contributed by atoms with van der Waals surface area (Å²) in [6.07, 6.45) is 8.57. The minimum atomic E-state index is -0.108. The first-order chi connectivity index (χ1) is 13.2. The number of carbonyl (C=O) groups is 1. The number of benzene rings is 1. The van der Waals surface area contributed by atoms with E-state index in [9.17, 15) is 4.79 Å². The van der Waals surface area contributed by atoms with E-state index >= 15 is 0 Å². The van der Waals surface area contributed by atoms with Gasteiger partial charge >= 0.3 is 0 Å². The lowest BCUT2D eigenvalue weighted by molar-refractivity contribution is -0.123. The number of amides is 1. The molecule has 7 heteroatoms. The van der Waals surface area contributed by atoms with Crippen LogP contribution in [0.3, 0.4) is 0 Å². The van der Waals surface area contributed by atoms with Gasteiger partial charge < -0.3 is 10.2 Å². The maximum Gasteiger partial charge on any atom is 0.243 e. The normalized spacial score (nSPS) is 20.8. The van der Waals surface area contributed by atoms with Gasteiger partial charge in [-0.3, -0.25) is 4.79 Å². The molecule has 1 amide bonds. The average Bonchev–Trinajstić information content (AvgIpc) is 3.33. The van der Waals surface area contributed by atoms with Crippen molar-refractivity contribution in [3.8, 4) is 0 Å². The van der Waals surface area contributed by atoms with Crippen LogP contribution < -0.4 is 10.2 Å². The van der Waals surface area contributed by atoms with Crippen molar-refractivity contribution in [2.45, 2.75) is 63.5 Å². The Morgan fingerprint density at radius 1 is 1.15 bits per heavy atom. The van der Waals surface area contributed by atoms with Crippen LogP contribution in [0.1, 0.15) is 56.3 Å². The minimum Gasteiger partial charge on any atom is -0.352 e. The molecule has 144 valence electrons. The number of nitrogens with zero attached hydrogens (tertiary/aromatic N) is 3. The molecule has 1 N–H and O–H groups in total. The van der Waals surface area contributed by atoms with E-state index in [1.54, 1.807) is 0 Å². The lowest BCUT2D eigenvalue weighted by atomic mass is 9.95. The van der Waals surface area contributed by atoms with E-state index in [4.69, 9.17) is 16.6 Å². The number of nitrogens with one attached hydrogen (secondary N) is 1. The van der Waals surface area contributed by atoms with Gasteiger partial charge in [-0.25, -0.2) is 4.98 Å². The third-order valence-electron chi connectivity index (χ3n) is 5.49. The molecule has 0 radical (unpaired) electrons. The molecule has 4 rings (SSSR count). The van der Waals surface area contributed by atoms with Crippen molar-refractivity contribution in [1.29, 1.82) is 0 Å². The van der Waals surface area contributed by atoms with Gasteiger partial charge in [0.05, 0.1) is 0 Å². The fraction of sp³-hybridized carbons (Fsp3) is 0.550. The second-order valence-electron chi connectivity index (χ2n) is 7.49. The zero-order chi connectivity index (χ0) is 18.6. The highest BCUT2D eigenvalue weighted by atomic mass is 35.5. The van der Waals surface area contributed by atoms with Gasteiger partial charge in [-0.15, -0.1) is 0 Å². The molecule has 2 aromatic rings. The highest BCUT2D eigenvalue weighted by molar-refractivity contribution is 7.09. The van der Waals surface area contributed by atoms with Gasteiger partial charge in [-0.05, 0) is 43.4 Å². The lowest BCUT2D eigenvalue weighted by Gasteiger charge is -2.27. The molecule has 1 aromatic carbocycles. The Hall–Kier alpha value is -1.66. The largest absolute Gasteiger partial charge is 0.352 e. The Morgan fingerprint density at radius 3 is 2.70 bits per heavy atom. The molecule has 1 aliphatic heterocycles.